The van der Waals surface area contributed by atoms with E-state index in [9.17, 15) is 4.79 Å². The highest BCUT2D eigenvalue weighted by atomic mass is 32.1. The van der Waals surface area contributed by atoms with E-state index in [0.29, 0.717) is 23.8 Å². The van der Waals surface area contributed by atoms with E-state index in [4.69, 9.17) is 9.72 Å². The predicted molar refractivity (Wildman–Crippen MR) is 117 cm³/mol. The molecule has 0 saturated heterocycles. The van der Waals surface area contributed by atoms with Crippen LogP contribution in [0.3, 0.4) is 0 Å². The number of aryl methyl sites for hydroxylation is 1. The zero-order valence-electron chi connectivity index (χ0n) is 16.3. The molecule has 0 fully saturated rings. The molecule has 0 aliphatic carbocycles. The lowest BCUT2D eigenvalue weighted by atomic mass is 10.1. The second kappa shape index (κ2) is 8.41. The minimum absolute atomic E-state index is 0.104. The predicted octanol–water partition coefficient (Wildman–Crippen LogP) is 5.25. The van der Waals surface area contributed by atoms with E-state index in [1.165, 1.54) is 11.3 Å². The van der Waals surface area contributed by atoms with Crippen LogP contribution in [0.5, 0.6) is 5.75 Å². The van der Waals surface area contributed by atoms with Gasteiger partial charge in [-0.05, 0) is 50.2 Å². The van der Waals surface area contributed by atoms with E-state index in [0.717, 1.165) is 27.2 Å². The summed E-state index contributed by atoms with van der Waals surface area (Å²) in [6, 6.07) is 19.1. The van der Waals surface area contributed by atoms with E-state index in [1.54, 1.807) is 11.1 Å². The van der Waals surface area contributed by atoms with Crippen molar-refractivity contribution in [3.63, 3.8) is 0 Å². The Morgan fingerprint density at radius 1 is 1.07 bits per heavy atom. The number of carbonyl (C=O) groups excluding carboxylic acids is 1. The van der Waals surface area contributed by atoms with Crippen molar-refractivity contribution in [2.45, 2.75) is 20.4 Å². The number of carbonyl (C=O) groups is 1. The first-order valence-electron chi connectivity index (χ1n) is 9.46. The summed E-state index contributed by atoms with van der Waals surface area (Å²) >= 11 is 1.48. The summed E-state index contributed by atoms with van der Waals surface area (Å²) in [4.78, 5) is 24.2. The van der Waals surface area contributed by atoms with Crippen LogP contribution in [-0.2, 0) is 6.54 Å². The lowest BCUT2D eigenvalue weighted by Crippen LogP contribution is -2.30. The van der Waals surface area contributed by atoms with Crippen LogP contribution in [0.15, 0.2) is 66.9 Å². The molecule has 0 N–H and O–H groups in total. The summed E-state index contributed by atoms with van der Waals surface area (Å²) in [5.74, 6) is 0.626. The first kappa shape index (κ1) is 19.1. The molecule has 0 bridgehead atoms. The molecule has 0 saturated carbocycles. The Morgan fingerprint density at radius 2 is 1.90 bits per heavy atom. The first-order valence-corrected chi connectivity index (χ1v) is 10.3. The molecular weight excluding hydrogens is 382 g/mol. The lowest BCUT2D eigenvalue weighted by molar-refractivity contribution is 0.0985. The Balaban J connectivity index is 1.77. The molecule has 5 nitrogen and oxygen atoms in total. The highest BCUT2D eigenvalue weighted by molar-refractivity contribution is 7.22. The Kier molecular flexibility index (Phi) is 5.53. The van der Waals surface area contributed by atoms with Gasteiger partial charge in [-0.1, -0.05) is 41.2 Å². The maximum absolute atomic E-state index is 13.4. The molecule has 0 atom stereocenters. The Morgan fingerprint density at radius 3 is 2.62 bits per heavy atom. The van der Waals surface area contributed by atoms with Gasteiger partial charge in [0.25, 0.3) is 5.91 Å². The van der Waals surface area contributed by atoms with Crippen molar-refractivity contribution in [1.82, 2.24) is 9.97 Å². The highest BCUT2D eigenvalue weighted by Gasteiger charge is 2.23. The lowest BCUT2D eigenvalue weighted by Gasteiger charge is -2.19. The average Bonchev–Trinajstić information content (AvgIpc) is 3.18. The van der Waals surface area contributed by atoms with Crippen molar-refractivity contribution in [1.29, 1.82) is 0 Å². The van der Waals surface area contributed by atoms with Crippen LogP contribution >= 0.6 is 11.3 Å². The number of ether oxygens (including phenoxy) is 1. The first-order chi connectivity index (χ1) is 14.2. The van der Waals surface area contributed by atoms with Crippen molar-refractivity contribution in [3.8, 4) is 5.75 Å². The van der Waals surface area contributed by atoms with Gasteiger partial charge in [-0.15, -0.1) is 0 Å². The van der Waals surface area contributed by atoms with Gasteiger partial charge >= 0.3 is 0 Å². The number of nitrogens with zero attached hydrogens (tertiary/aromatic N) is 3. The van der Waals surface area contributed by atoms with Crippen LogP contribution in [0.2, 0.25) is 0 Å². The molecule has 1 amide bonds. The van der Waals surface area contributed by atoms with Crippen LogP contribution in [-0.4, -0.2) is 22.5 Å². The fraction of sp³-hybridized carbons (Fsp3) is 0.174. The number of fused-ring (bicyclic) bond motifs is 1. The molecule has 6 heteroatoms. The summed E-state index contributed by atoms with van der Waals surface area (Å²) in [6.07, 6.45) is 1.73. The van der Waals surface area contributed by atoms with E-state index in [2.05, 4.69) is 4.98 Å². The molecular formula is C23H21N3O2S. The number of amides is 1. The van der Waals surface area contributed by atoms with Gasteiger partial charge in [-0.2, -0.15) is 0 Å². The molecule has 0 aliphatic heterocycles. The van der Waals surface area contributed by atoms with Crippen LogP contribution in [0.4, 0.5) is 5.13 Å². The SMILES string of the molecule is CCOc1cccc2sc(N(Cc3ccccn3)C(=O)c3ccc(C)cc3)nc12. The largest absolute Gasteiger partial charge is 0.492 e. The van der Waals surface area contributed by atoms with Gasteiger partial charge in [0.2, 0.25) is 0 Å². The molecule has 146 valence electrons. The van der Waals surface area contributed by atoms with Crippen molar-refractivity contribution < 1.29 is 9.53 Å². The van der Waals surface area contributed by atoms with Gasteiger partial charge < -0.3 is 4.74 Å². The number of aromatic nitrogens is 2. The van der Waals surface area contributed by atoms with E-state index in [-0.39, 0.29) is 5.91 Å². The number of pyridine rings is 1. The number of benzene rings is 2. The number of hydrogen-bond acceptors (Lipinski definition) is 5. The maximum atomic E-state index is 13.4. The minimum Gasteiger partial charge on any atom is -0.492 e. The van der Waals surface area contributed by atoms with Crippen LogP contribution < -0.4 is 9.64 Å². The third-order valence-electron chi connectivity index (χ3n) is 4.49. The smallest absolute Gasteiger partial charge is 0.260 e. The quantitative estimate of drug-likeness (QED) is 0.441. The summed E-state index contributed by atoms with van der Waals surface area (Å²) in [7, 11) is 0. The topological polar surface area (TPSA) is 55.3 Å². The molecule has 0 spiro atoms. The van der Waals surface area contributed by atoms with Gasteiger partial charge in [0.05, 0.1) is 23.5 Å². The van der Waals surface area contributed by atoms with Crippen LogP contribution in [0, 0.1) is 6.92 Å². The highest BCUT2D eigenvalue weighted by Crippen LogP contribution is 2.35. The number of thiazole rings is 1. The molecule has 2 aromatic heterocycles. The standard InChI is InChI=1S/C23H21N3O2S/c1-3-28-19-8-6-9-20-21(19)25-23(29-20)26(15-18-7-4-5-14-24-18)22(27)17-12-10-16(2)11-13-17/h4-14H,3,15H2,1-2H3. The molecule has 2 aromatic carbocycles. The second-order valence-electron chi connectivity index (χ2n) is 6.61. The maximum Gasteiger partial charge on any atom is 0.260 e. The third-order valence-corrected chi connectivity index (χ3v) is 5.53. The molecule has 29 heavy (non-hydrogen) atoms. The summed E-state index contributed by atoms with van der Waals surface area (Å²) in [5.41, 5.74) is 3.31. The Bertz CT molecular complexity index is 1120. The zero-order chi connectivity index (χ0) is 20.2. The van der Waals surface area contributed by atoms with Crippen molar-refractivity contribution in [2.75, 3.05) is 11.5 Å². The molecule has 0 radical (unpaired) electrons. The van der Waals surface area contributed by atoms with Gasteiger partial charge in [0.15, 0.2) is 5.13 Å². The summed E-state index contributed by atoms with van der Waals surface area (Å²) < 4.78 is 6.70. The normalized spacial score (nSPS) is 10.8. The van der Waals surface area contributed by atoms with E-state index in [1.807, 2.05) is 74.5 Å². The van der Waals surface area contributed by atoms with Crippen molar-refractivity contribution in [2.24, 2.45) is 0 Å². The van der Waals surface area contributed by atoms with Gasteiger partial charge in [-0.25, -0.2) is 4.98 Å². The van der Waals surface area contributed by atoms with E-state index < -0.39 is 0 Å². The van der Waals surface area contributed by atoms with Gasteiger partial charge in [-0.3, -0.25) is 14.7 Å². The summed E-state index contributed by atoms with van der Waals surface area (Å²) in [6.45, 7) is 4.85. The van der Waals surface area contributed by atoms with E-state index >= 15 is 0 Å². The number of para-hydroxylation sites is 1. The van der Waals surface area contributed by atoms with Crippen LogP contribution in [0.1, 0.15) is 28.5 Å². The second-order valence-corrected chi connectivity index (χ2v) is 7.62. The monoisotopic (exact) mass is 403 g/mol. The zero-order valence-corrected chi connectivity index (χ0v) is 17.1. The van der Waals surface area contributed by atoms with Crippen LogP contribution in [0.25, 0.3) is 10.2 Å². The van der Waals surface area contributed by atoms with Crippen molar-refractivity contribution >= 4 is 32.6 Å². The fourth-order valence-corrected chi connectivity index (χ4v) is 4.01. The number of hydrogen-bond donors (Lipinski definition) is 0. The molecule has 4 aromatic rings. The average molecular weight is 404 g/mol. The Hall–Kier alpha value is -3.25. The minimum atomic E-state index is -0.104. The van der Waals surface area contributed by atoms with Gasteiger partial charge in [0.1, 0.15) is 11.3 Å². The molecule has 2 heterocycles. The fourth-order valence-electron chi connectivity index (χ4n) is 3.03. The van der Waals surface area contributed by atoms with Gasteiger partial charge in [0, 0.05) is 11.8 Å². The summed E-state index contributed by atoms with van der Waals surface area (Å²) in [5, 5.41) is 0.628. The number of rotatable bonds is 6. The molecule has 4 rings (SSSR count). The molecule has 0 aliphatic rings. The third kappa shape index (κ3) is 4.12. The Labute approximate surface area is 173 Å². The molecule has 0 unspecified atom stereocenters. The van der Waals surface area contributed by atoms with Crippen molar-refractivity contribution in [3.05, 3.63) is 83.7 Å². The number of anilines is 1.